The van der Waals surface area contributed by atoms with E-state index in [1.807, 2.05) is 18.2 Å². The molecule has 0 aromatic carbocycles. The maximum Gasteiger partial charge on any atom is 0.125 e. The zero-order chi connectivity index (χ0) is 9.97. The fraction of sp³-hybridized carbons (Fsp3) is 0.0909. The molecule has 2 aromatic heterocycles. The molecule has 2 heterocycles. The lowest BCUT2D eigenvalue weighted by molar-refractivity contribution is 0.476. The third-order valence-corrected chi connectivity index (χ3v) is 2.05. The van der Waals surface area contributed by atoms with Crippen LogP contribution in [0.5, 0.6) is 0 Å². The molecule has 0 aliphatic rings. The van der Waals surface area contributed by atoms with Gasteiger partial charge in [0.25, 0.3) is 0 Å². The number of hydrogen-bond donors (Lipinski definition) is 1. The highest BCUT2D eigenvalue weighted by atomic mass is 16.3. The van der Waals surface area contributed by atoms with Crippen molar-refractivity contribution in [1.29, 1.82) is 0 Å². The summed E-state index contributed by atoms with van der Waals surface area (Å²) < 4.78 is 5.34. The van der Waals surface area contributed by atoms with E-state index in [0.717, 1.165) is 11.3 Å². The Labute approximate surface area is 82.6 Å². The Hall–Kier alpha value is -1.61. The van der Waals surface area contributed by atoms with Crippen molar-refractivity contribution >= 4 is 0 Å². The lowest BCUT2D eigenvalue weighted by atomic mass is 10.1. The van der Waals surface area contributed by atoms with E-state index in [-0.39, 0.29) is 6.04 Å². The van der Waals surface area contributed by atoms with Gasteiger partial charge in [0.2, 0.25) is 0 Å². The molecular weight excluding hydrogens is 176 g/mol. The van der Waals surface area contributed by atoms with Gasteiger partial charge in [0.05, 0.1) is 6.04 Å². The molecule has 0 bridgehead atoms. The second kappa shape index (κ2) is 3.64. The predicted octanol–water partition coefficient (Wildman–Crippen LogP) is 1.90. The highest BCUT2D eigenvalue weighted by Crippen LogP contribution is 2.20. The summed E-state index contributed by atoms with van der Waals surface area (Å²) in [7, 11) is 0. The number of rotatable bonds is 2. The van der Waals surface area contributed by atoms with Crippen LogP contribution in [0, 0.1) is 6.92 Å². The van der Waals surface area contributed by atoms with Gasteiger partial charge in [-0.1, -0.05) is 0 Å². The standard InChI is InChI=1S/C11H11N2O/c1-8-2-3-10(14-8)11(12)9-4-6-13-7-5-9/h2-7,11H,1,12H2. The SMILES string of the molecule is [CH2]c1ccc(C(N)c2ccncc2)o1. The van der Waals surface area contributed by atoms with Crippen LogP contribution in [0.2, 0.25) is 0 Å². The number of nitrogens with two attached hydrogens (primary N) is 1. The van der Waals surface area contributed by atoms with Crippen LogP contribution in [0.15, 0.2) is 41.1 Å². The molecule has 0 saturated heterocycles. The van der Waals surface area contributed by atoms with E-state index in [0.29, 0.717) is 5.76 Å². The first-order valence-electron chi connectivity index (χ1n) is 4.34. The molecule has 3 nitrogen and oxygen atoms in total. The summed E-state index contributed by atoms with van der Waals surface area (Å²) in [6.07, 6.45) is 3.42. The van der Waals surface area contributed by atoms with Crippen molar-refractivity contribution in [3.63, 3.8) is 0 Å². The Balaban J connectivity index is 2.29. The Kier molecular flexibility index (Phi) is 2.33. The van der Waals surface area contributed by atoms with Crippen molar-refractivity contribution < 1.29 is 4.42 Å². The van der Waals surface area contributed by atoms with Gasteiger partial charge in [-0.05, 0) is 29.8 Å². The summed E-state index contributed by atoms with van der Waals surface area (Å²) in [5.74, 6) is 1.35. The topological polar surface area (TPSA) is 52.0 Å². The molecule has 2 aromatic rings. The van der Waals surface area contributed by atoms with Gasteiger partial charge in [0, 0.05) is 19.3 Å². The lowest BCUT2D eigenvalue weighted by Gasteiger charge is -2.07. The van der Waals surface area contributed by atoms with Gasteiger partial charge in [-0.25, -0.2) is 0 Å². The van der Waals surface area contributed by atoms with E-state index in [2.05, 4.69) is 11.9 Å². The molecule has 14 heavy (non-hydrogen) atoms. The van der Waals surface area contributed by atoms with Crippen LogP contribution in [0.3, 0.4) is 0 Å². The summed E-state index contributed by atoms with van der Waals surface area (Å²) in [5, 5.41) is 0. The second-order valence-corrected chi connectivity index (χ2v) is 3.06. The van der Waals surface area contributed by atoms with Crippen LogP contribution in [0.1, 0.15) is 23.1 Å². The van der Waals surface area contributed by atoms with E-state index in [1.165, 1.54) is 0 Å². The van der Waals surface area contributed by atoms with Crippen LogP contribution in [-0.2, 0) is 0 Å². The average molecular weight is 187 g/mol. The van der Waals surface area contributed by atoms with Gasteiger partial charge in [0.1, 0.15) is 11.5 Å². The zero-order valence-electron chi connectivity index (χ0n) is 7.68. The Morgan fingerprint density at radius 2 is 1.93 bits per heavy atom. The molecule has 0 saturated carbocycles. The molecule has 0 spiro atoms. The third-order valence-electron chi connectivity index (χ3n) is 2.05. The highest BCUT2D eigenvalue weighted by molar-refractivity contribution is 5.25. The molecule has 0 aliphatic heterocycles. The van der Waals surface area contributed by atoms with Gasteiger partial charge in [-0.3, -0.25) is 4.98 Å². The largest absolute Gasteiger partial charge is 0.464 e. The average Bonchev–Trinajstić information content (AvgIpc) is 2.65. The van der Waals surface area contributed by atoms with Crippen molar-refractivity contribution in [2.24, 2.45) is 5.73 Å². The van der Waals surface area contributed by atoms with E-state index in [9.17, 15) is 0 Å². The van der Waals surface area contributed by atoms with Crippen molar-refractivity contribution in [2.75, 3.05) is 0 Å². The minimum absolute atomic E-state index is 0.242. The summed E-state index contributed by atoms with van der Waals surface area (Å²) in [5.41, 5.74) is 6.96. The quantitative estimate of drug-likeness (QED) is 0.781. The molecule has 1 radical (unpaired) electrons. The van der Waals surface area contributed by atoms with Crippen LogP contribution in [0.25, 0.3) is 0 Å². The van der Waals surface area contributed by atoms with Crippen molar-refractivity contribution in [1.82, 2.24) is 4.98 Å². The molecule has 3 heteroatoms. The molecule has 0 aliphatic carbocycles. The lowest BCUT2D eigenvalue weighted by Crippen LogP contribution is -2.10. The van der Waals surface area contributed by atoms with E-state index in [1.54, 1.807) is 18.5 Å². The fourth-order valence-corrected chi connectivity index (χ4v) is 1.30. The number of nitrogens with zero attached hydrogens (tertiary/aromatic N) is 1. The van der Waals surface area contributed by atoms with E-state index in [4.69, 9.17) is 10.2 Å². The Morgan fingerprint density at radius 1 is 1.21 bits per heavy atom. The fourth-order valence-electron chi connectivity index (χ4n) is 1.30. The Bertz CT molecular complexity index is 408. The van der Waals surface area contributed by atoms with Gasteiger partial charge < -0.3 is 10.2 Å². The third kappa shape index (κ3) is 1.67. The van der Waals surface area contributed by atoms with Crippen LogP contribution in [-0.4, -0.2) is 4.98 Å². The molecule has 1 unspecified atom stereocenters. The Morgan fingerprint density at radius 3 is 2.50 bits per heavy atom. The van der Waals surface area contributed by atoms with Crippen LogP contribution >= 0.6 is 0 Å². The zero-order valence-corrected chi connectivity index (χ0v) is 7.68. The maximum absolute atomic E-state index is 5.98. The number of aromatic nitrogens is 1. The number of furan rings is 1. The summed E-state index contributed by atoms with van der Waals surface area (Å²) >= 11 is 0. The first-order chi connectivity index (χ1) is 6.77. The molecule has 71 valence electrons. The van der Waals surface area contributed by atoms with Crippen LogP contribution in [0.4, 0.5) is 0 Å². The maximum atomic E-state index is 5.98. The summed E-state index contributed by atoms with van der Waals surface area (Å²) in [6, 6.07) is 7.14. The summed E-state index contributed by atoms with van der Waals surface area (Å²) in [6.45, 7) is 3.68. The number of hydrogen-bond acceptors (Lipinski definition) is 3. The van der Waals surface area contributed by atoms with Gasteiger partial charge in [0.15, 0.2) is 0 Å². The second-order valence-electron chi connectivity index (χ2n) is 3.06. The number of pyridine rings is 1. The van der Waals surface area contributed by atoms with Gasteiger partial charge in [-0.15, -0.1) is 0 Å². The van der Waals surface area contributed by atoms with Crippen molar-refractivity contribution in [2.45, 2.75) is 6.04 Å². The van der Waals surface area contributed by atoms with Crippen LogP contribution < -0.4 is 5.73 Å². The summed E-state index contributed by atoms with van der Waals surface area (Å²) in [4.78, 5) is 3.93. The molecule has 0 amide bonds. The molecule has 0 fully saturated rings. The molecule has 1 atom stereocenters. The highest BCUT2D eigenvalue weighted by Gasteiger charge is 2.11. The first kappa shape index (κ1) is 8.97. The first-order valence-corrected chi connectivity index (χ1v) is 4.34. The normalized spacial score (nSPS) is 12.7. The molecule has 2 N–H and O–H groups in total. The minimum atomic E-state index is -0.242. The van der Waals surface area contributed by atoms with Gasteiger partial charge in [-0.2, -0.15) is 0 Å². The molecule has 2 rings (SSSR count). The van der Waals surface area contributed by atoms with E-state index < -0.39 is 0 Å². The van der Waals surface area contributed by atoms with Crippen molar-refractivity contribution in [3.8, 4) is 0 Å². The smallest absolute Gasteiger partial charge is 0.125 e. The van der Waals surface area contributed by atoms with E-state index >= 15 is 0 Å². The predicted molar refractivity (Wildman–Crippen MR) is 53.4 cm³/mol. The van der Waals surface area contributed by atoms with Gasteiger partial charge >= 0.3 is 0 Å². The molecular formula is C11H11N2O. The monoisotopic (exact) mass is 187 g/mol. The minimum Gasteiger partial charge on any atom is -0.464 e. The van der Waals surface area contributed by atoms with Crippen molar-refractivity contribution in [3.05, 3.63) is 60.7 Å².